The molecule has 12 heteroatoms. The standard InChI is InChI=1S/C24H47NO4.C19H37NO4.2Y/c1-6-7-8-9-10-11-12-13-14-15-16-17-18-21(2)24(28)29-22(19-23(26)27)20-25(3,4)5;1-6-8-10-11-13-16(12-9-7-2)19(23)24-17(14-18(21)22)15-20(3,4)5;;/h21-22H,6-20H2,1-5H3;16-17H,6-15H2,1-5H3;;. The summed E-state index contributed by atoms with van der Waals surface area (Å²) in [5, 5.41) is 21.9. The van der Waals surface area contributed by atoms with Gasteiger partial charge >= 0.3 is 11.9 Å². The number of esters is 2. The molecular formula is C43H84N2O8Y2. The van der Waals surface area contributed by atoms with Crippen LogP contribution in [-0.2, 0) is 94.1 Å². The van der Waals surface area contributed by atoms with Gasteiger partial charge in [-0.3, -0.25) is 9.59 Å². The van der Waals surface area contributed by atoms with E-state index >= 15 is 0 Å². The van der Waals surface area contributed by atoms with Crippen LogP contribution in [0.15, 0.2) is 0 Å². The van der Waals surface area contributed by atoms with E-state index in [-0.39, 0.29) is 102 Å². The molecule has 0 rings (SSSR count). The molecule has 10 nitrogen and oxygen atoms in total. The van der Waals surface area contributed by atoms with Crippen molar-refractivity contribution in [3.63, 3.8) is 0 Å². The van der Waals surface area contributed by atoms with Crippen molar-refractivity contribution in [1.82, 2.24) is 0 Å². The van der Waals surface area contributed by atoms with Crippen LogP contribution >= 0.6 is 0 Å². The third-order valence-corrected chi connectivity index (χ3v) is 9.40. The minimum absolute atomic E-state index is 0. The Balaban J connectivity index is -0.000000464. The maximum Gasteiger partial charge on any atom is 0.309 e. The average Bonchev–Trinajstić information content (AvgIpc) is 3.02. The van der Waals surface area contributed by atoms with Crippen LogP contribution in [0.4, 0.5) is 0 Å². The number of quaternary nitrogens is 2. The third-order valence-electron chi connectivity index (χ3n) is 9.40. The van der Waals surface area contributed by atoms with Crippen LogP contribution in [0, 0.1) is 11.8 Å². The van der Waals surface area contributed by atoms with Gasteiger partial charge in [-0.1, -0.05) is 143 Å². The zero-order valence-corrected chi connectivity index (χ0v) is 43.0. The number of nitrogens with zero attached hydrogens (tertiary/aromatic N) is 2. The summed E-state index contributed by atoms with van der Waals surface area (Å²) < 4.78 is 12.1. The largest absolute Gasteiger partial charge is 0.550 e. The molecule has 0 fully saturated rings. The Morgan fingerprint density at radius 1 is 0.473 bits per heavy atom. The molecule has 0 aliphatic heterocycles. The van der Waals surface area contributed by atoms with E-state index in [1.54, 1.807) is 0 Å². The van der Waals surface area contributed by atoms with E-state index in [4.69, 9.17) is 9.47 Å². The van der Waals surface area contributed by atoms with Crippen molar-refractivity contribution < 1.29 is 113 Å². The van der Waals surface area contributed by atoms with Gasteiger partial charge in [-0.25, -0.2) is 0 Å². The Hall–Kier alpha value is 0.00779. The van der Waals surface area contributed by atoms with E-state index in [9.17, 15) is 29.4 Å². The summed E-state index contributed by atoms with van der Waals surface area (Å²) in [6, 6.07) is 0. The fourth-order valence-corrected chi connectivity index (χ4v) is 6.48. The second kappa shape index (κ2) is 38.2. The van der Waals surface area contributed by atoms with Crippen molar-refractivity contribution >= 4 is 23.9 Å². The van der Waals surface area contributed by atoms with Gasteiger partial charge in [0.1, 0.15) is 13.1 Å². The number of hydrogen-bond donors (Lipinski definition) is 0. The number of carboxylic acids is 2. The minimum Gasteiger partial charge on any atom is -0.550 e. The quantitative estimate of drug-likeness (QED) is 0.0391. The summed E-state index contributed by atoms with van der Waals surface area (Å²) in [4.78, 5) is 46.7. The molecule has 0 aromatic heterocycles. The van der Waals surface area contributed by atoms with Gasteiger partial charge in [0.2, 0.25) is 0 Å². The molecule has 0 saturated carbocycles. The Morgan fingerprint density at radius 2 is 0.782 bits per heavy atom. The summed E-state index contributed by atoms with van der Waals surface area (Å²) in [5.41, 5.74) is 0. The zero-order chi connectivity index (χ0) is 40.7. The van der Waals surface area contributed by atoms with Gasteiger partial charge in [-0.2, -0.15) is 0 Å². The Morgan fingerprint density at radius 3 is 1.15 bits per heavy atom. The molecule has 0 N–H and O–H groups in total. The molecule has 55 heavy (non-hydrogen) atoms. The first-order chi connectivity index (χ1) is 24.8. The first-order valence-electron chi connectivity index (χ1n) is 21.3. The van der Waals surface area contributed by atoms with Crippen LogP contribution in [0.5, 0.6) is 0 Å². The number of rotatable bonds is 33. The maximum absolute atomic E-state index is 12.5. The molecule has 0 spiro atoms. The smallest absolute Gasteiger partial charge is 0.309 e. The Bertz CT molecular complexity index is 956. The number of carbonyl (C=O) groups is 4. The minimum atomic E-state index is -1.18. The number of hydrogen-bond acceptors (Lipinski definition) is 8. The summed E-state index contributed by atoms with van der Waals surface area (Å²) in [7, 11) is 11.7. The first-order valence-corrected chi connectivity index (χ1v) is 21.3. The van der Waals surface area contributed by atoms with Crippen molar-refractivity contribution in [2.45, 2.75) is 188 Å². The molecule has 0 aromatic rings. The van der Waals surface area contributed by atoms with E-state index in [0.717, 1.165) is 57.8 Å². The molecule has 4 atom stereocenters. The van der Waals surface area contributed by atoms with E-state index in [2.05, 4.69) is 20.8 Å². The maximum atomic E-state index is 12.5. The van der Waals surface area contributed by atoms with Gasteiger partial charge in [-0.15, -0.1) is 0 Å². The van der Waals surface area contributed by atoms with Crippen LogP contribution in [-0.4, -0.2) is 100 Å². The van der Waals surface area contributed by atoms with Crippen LogP contribution in [0.25, 0.3) is 0 Å². The predicted octanol–water partition coefficient (Wildman–Crippen LogP) is 6.99. The van der Waals surface area contributed by atoms with Gasteiger partial charge in [0.15, 0.2) is 12.2 Å². The molecule has 0 aliphatic rings. The number of ether oxygens (including phenoxy) is 2. The van der Waals surface area contributed by atoms with Gasteiger partial charge < -0.3 is 38.2 Å². The van der Waals surface area contributed by atoms with Crippen LogP contribution < -0.4 is 10.2 Å². The SMILES string of the molecule is CCCCCCC(CCCC)C(=O)OC(CC(=O)[O-])C[N+](C)(C)C.CCCCCCCCCCCCCCC(C)C(=O)OC(CC(=O)[O-])C[N+](C)(C)C.[Y].[Y]. The molecular weight excluding hydrogens is 850 g/mol. The zero-order valence-electron chi connectivity index (χ0n) is 37.3. The second-order valence-electron chi connectivity index (χ2n) is 17.5. The normalized spacial score (nSPS) is 13.5. The van der Waals surface area contributed by atoms with Crippen LogP contribution in [0.2, 0.25) is 0 Å². The van der Waals surface area contributed by atoms with Gasteiger partial charge in [0.25, 0.3) is 0 Å². The number of aliphatic carboxylic acids is 2. The summed E-state index contributed by atoms with van der Waals surface area (Å²) >= 11 is 0. The fourth-order valence-electron chi connectivity index (χ4n) is 6.48. The van der Waals surface area contributed by atoms with Crippen molar-refractivity contribution in [2.75, 3.05) is 55.4 Å². The predicted molar refractivity (Wildman–Crippen MR) is 211 cm³/mol. The number of carbonyl (C=O) groups excluding carboxylic acids is 4. The van der Waals surface area contributed by atoms with E-state index in [1.807, 2.05) is 49.2 Å². The van der Waals surface area contributed by atoms with Crippen molar-refractivity contribution in [1.29, 1.82) is 0 Å². The molecule has 2 radical (unpaired) electrons. The first kappa shape index (κ1) is 61.7. The Kier molecular flexibility index (Phi) is 42.9. The number of likely N-dealkylation sites (N-methyl/N-ethyl adjacent to an activating group) is 2. The number of carboxylic acid groups (broad SMARTS) is 2. The van der Waals surface area contributed by atoms with Gasteiger partial charge in [0.05, 0.1) is 54.1 Å². The molecule has 0 saturated heterocycles. The molecule has 4 unspecified atom stereocenters. The van der Waals surface area contributed by atoms with Gasteiger partial charge in [-0.05, 0) is 19.3 Å². The second-order valence-corrected chi connectivity index (χ2v) is 17.5. The molecule has 0 aromatic carbocycles. The monoisotopic (exact) mass is 934 g/mol. The Labute approximate surface area is 388 Å². The molecule has 0 heterocycles. The van der Waals surface area contributed by atoms with Crippen LogP contribution in [0.3, 0.4) is 0 Å². The topological polar surface area (TPSA) is 133 Å². The van der Waals surface area contributed by atoms with Crippen LogP contribution in [0.1, 0.15) is 175 Å². The molecule has 0 bridgehead atoms. The van der Waals surface area contributed by atoms with E-state index in [1.165, 1.54) is 77.0 Å². The third kappa shape index (κ3) is 43.4. The van der Waals surface area contributed by atoms with E-state index in [0.29, 0.717) is 22.1 Å². The molecule has 0 aliphatic carbocycles. The molecule has 320 valence electrons. The summed E-state index contributed by atoms with van der Waals surface area (Å²) in [6.07, 6.45) is 22.8. The van der Waals surface area contributed by atoms with Crippen molar-refractivity contribution in [3.05, 3.63) is 0 Å². The fraction of sp³-hybridized carbons (Fsp3) is 0.907. The molecule has 0 amide bonds. The summed E-state index contributed by atoms with van der Waals surface area (Å²) in [5.74, 6) is -3.17. The summed E-state index contributed by atoms with van der Waals surface area (Å²) in [6.45, 7) is 9.33. The van der Waals surface area contributed by atoms with Crippen molar-refractivity contribution in [3.8, 4) is 0 Å². The average molecular weight is 935 g/mol. The van der Waals surface area contributed by atoms with Crippen molar-refractivity contribution in [2.24, 2.45) is 11.8 Å². The van der Waals surface area contributed by atoms with E-state index < -0.39 is 24.1 Å². The van der Waals surface area contributed by atoms with Gasteiger partial charge in [0, 0.05) is 90.2 Å². The number of unbranched alkanes of at least 4 members (excludes halogenated alkanes) is 15.